The van der Waals surface area contributed by atoms with Crippen LogP contribution in [0.3, 0.4) is 0 Å². The number of ether oxygens (including phenoxy) is 2. The van der Waals surface area contributed by atoms with Gasteiger partial charge in [-0.3, -0.25) is 9.59 Å². The summed E-state index contributed by atoms with van der Waals surface area (Å²) in [4.78, 5) is 22.9. The molecule has 0 fully saturated rings. The van der Waals surface area contributed by atoms with Gasteiger partial charge in [0.2, 0.25) is 0 Å². The molecule has 0 spiro atoms. The molecule has 0 heterocycles. The molecule has 104 valence electrons. The lowest BCUT2D eigenvalue weighted by Crippen LogP contribution is -2.24. The summed E-state index contributed by atoms with van der Waals surface area (Å²) >= 11 is 0. The lowest BCUT2D eigenvalue weighted by molar-refractivity contribution is -0.154. The van der Waals surface area contributed by atoms with E-state index in [-0.39, 0.29) is 5.56 Å². The number of methoxy groups -OCH3 is 2. The Bertz CT molecular complexity index is 466. The third-order valence-corrected chi connectivity index (χ3v) is 2.42. The van der Waals surface area contributed by atoms with Crippen LogP contribution in [0.4, 0.5) is 13.2 Å². The first kappa shape index (κ1) is 15.0. The van der Waals surface area contributed by atoms with Crippen molar-refractivity contribution in [3.63, 3.8) is 0 Å². The summed E-state index contributed by atoms with van der Waals surface area (Å²) in [5, 5.41) is 0. The standard InChI is InChI=1S/C12H11F3O4/c1-18-10(16)9(11(17)19-2)7-4-3-5-8(6-7)12(13,14)15/h3-6,9H,1-2H3. The van der Waals surface area contributed by atoms with Crippen LogP contribution in [0.2, 0.25) is 0 Å². The maximum atomic E-state index is 12.6. The van der Waals surface area contributed by atoms with Crippen LogP contribution in [0.1, 0.15) is 17.0 Å². The lowest BCUT2D eigenvalue weighted by atomic mass is 9.97. The monoisotopic (exact) mass is 276 g/mol. The highest BCUT2D eigenvalue weighted by Crippen LogP contribution is 2.31. The van der Waals surface area contributed by atoms with Crippen molar-refractivity contribution in [1.29, 1.82) is 0 Å². The van der Waals surface area contributed by atoms with Gasteiger partial charge in [-0.15, -0.1) is 0 Å². The van der Waals surface area contributed by atoms with Gasteiger partial charge in [0.05, 0.1) is 19.8 Å². The van der Waals surface area contributed by atoms with Crippen molar-refractivity contribution in [2.24, 2.45) is 0 Å². The summed E-state index contributed by atoms with van der Waals surface area (Å²) in [5.41, 5.74) is -1.09. The Morgan fingerprint density at radius 3 is 2.05 bits per heavy atom. The number of alkyl halides is 3. The molecule has 0 saturated heterocycles. The van der Waals surface area contributed by atoms with Gasteiger partial charge in [-0.1, -0.05) is 18.2 Å². The van der Waals surface area contributed by atoms with Crippen LogP contribution in [-0.4, -0.2) is 26.2 Å². The van der Waals surface area contributed by atoms with Crippen LogP contribution in [0, 0.1) is 0 Å². The zero-order chi connectivity index (χ0) is 14.6. The molecular formula is C12H11F3O4. The normalized spacial score (nSPS) is 11.3. The maximum absolute atomic E-state index is 12.6. The molecule has 0 radical (unpaired) electrons. The van der Waals surface area contributed by atoms with E-state index in [1.807, 2.05) is 0 Å². The van der Waals surface area contributed by atoms with Crippen molar-refractivity contribution < 1.29 is 32.2 Å². The van der Waals surface area contributed by atoms with E-state index in [1.165, 1.54) is 6.07 Å². The second-order valence-corrected chi connectivity index (χ2v) is 3.60. The molecule has 7 heteroatoms. The van der Waals surface area contributed by atoms with E-state index in [9.17, 15) is 22.8 Å². The minimum absolute atomic E-state index is 0.131. The molecule has 1 aromatic rings. The van der Waals surface area contributed by atoms with E-state index < -0.39 is 29.6 Å². The average molecular weight is 276 g/mol. The molecule has 0 saturated carbocycles. The minimum Gasteiger partial charge on any atom is -0.468 e. The summed E-state index contributed by atoms with van der Waals surface area (Å²) in [6, 6.07) is 3.90. The van der Waals surface area contributed by atoms with Gasteiger partial charge in [-0.2, -0.15) is 13.2 Å². The van der Waals surface area contributed by atoms with Gasteiger partial charge in [-0.25, -0.2) is 0 Å². The van der Waals surface area contributed by atoms with E-state index in [0.29, 0.717) is 0 Å². The Kier molecular flexibility index (Phi) is 4.52. The third kappa shape index (κ3) is 3.46. The first-order valence-electron chi connectivity index (χ1n) is 5.14. The van der Waals surface area contributed by atoms with Crippen LogP contribution in [0.5, 0.6) is 0 Å². The van der Waals surface area contributed by atoms with Crippen molar-refractivity contribution >= 4 is 11.9 Å². The number of benzene rings is 1. The van der Waals surface area contributed by atoms with Crippen molar-refractivity contribution in [2.45, 2.75) is 12.1 Å². The fourth-order valence-electron chi connectivity index (χ4n) is 1.50. The second kappa shape index (κ2) is 5.73. The van der Waals surface area contributed by atoms with Crippen molar-refractivity contribution in [1.82, 2.24) is 0 Å². The number of rotatable bonds is 3. The van der Waals surface area contributed by atoms with Gasteiger partial charge in [0, 0.05) is 0 Å². The highest BCUT2D eigenvalue weighted by molar-refractivity contribution is 6.00. The summed E-state index contributed by atoms with van der Waals surface area (Å²) in [6.07, 6.45) is -4.56. The molecule has 0 N–H and O–H groups in total. The summed E-state index contributed by atoms with van der Waals surface area (Å²) in [5.74, 6) is -3.49. The molecule has 0 unspecified atom stereocenters. The zero-order valence-electron chi connectivity index (χ0n) is 10.2. The van der Waals surface area contributed by atoms with Crippen molar-refractivity contribution in [3.8, 4) is 0 Å². The molecular weight excluding hydrogens is 265 g/mol. The topological polar surface area (TPSA) is 52.6 Å². The molecule has 0 atom stereocenters. The van der Waals surface area contributed by atoms with E-state index >= 15 is 0 Å². The minimum atomic E-state index is -4.56. The Labute approximate surface area is 107 Å². The number of carbonyl (C=O) groups is 2. The molecule has 4 nitrogen and oxygen atoms in total. The summed E-state index contributed by atoms with van der Waals surface area (Å²) in [6.45, 7) is 0. The summed E-state index contributed by atoms with van der Waals surface area (Å²) in [7, 11) is 2.07. The van der Waals surface area contributed by atoms with E-state index in [4.69, 9.17) is 0 Å². The largest absolute Gasteiger partial charge is 0.468 e. The molecule has 1 rings (SSSR count). The highest BCUT2D eigenvalue weighted by atomic mass is 19.4. The van der Waals surface area contributed by atoms with Gasteiger partial charge in [0.1, 0.15) is 0 Å². The van der Waals surface area contributed by atoms with Crippen molar-refractivity contribution in [2.75, 3.05) is 14.2 Å². The Balaban J connectivity index is 3.24. The fourth-order valence-corrected chi connectivity index (χ4v) is 1.50. The number of hydrogen-bond acceptors (Lipinski definition) is 4. The smallest absolute Gasteiger partial charge is 0.416 e. The molecule has 0 bridgehead atoms. The van der Waals surface area contributed by atoms with E-state index in [2.05, 4.69) is 9.47 Å². The molecule has 0 aliphatic carbocycles. The van der Waals surface area contributed by atoms with Gasteiger partial charge in [0.15, 0.2) is 5.92 Å². The average Bonchev–Trinajstić information content (AvgIpc) is 2.37. The fraction of sp³-hybridized carbons (Fsp3) is 0.333. The summed E-state index contributed by atoms with van der Waals surface area (Å²) < 4.78 is 46.5. The third-order valence-electron chi connectivity index (χ3n) is 2.42. The number of carbonyl (C=O) groups excluding carboxylic acids is 2. The van der Waals surface area contributed by atoms with Crippen LogP contribution in [0.25, 0.3) is 0 Å². The molecule has 0 amide bonds. The molecule has 0 aromatic heterocycles. The second-order valence-electron chi connectivity index (χ2n) is 3.60. The molecule has 1 aromatic carbocycles. The predicted molar refractivity (Wildman–Crippen MR) is 58.2 cm³/mol. The van der Waals surface area contributed by atoms with Crippen LogP contribution < -0.4 is 0 Å². The predicted octanol–water partition coefficient (Wildman–Crippen LogP) is 2.13. The number of halogens is 3. The quantitative estimate of drug-likeness (QED) is 0.627. The number of esters is 2. The zero-order valence-corrected chi connectivity index (χ0v) is 10.2. The highest BCUT2D eigenvalue weighted by Gasteiger charge is 2.35. The molecule has 19 heavy (non-hydrogen) atoms. The Morgan fingerprint density at radius 1 is 1.11 bits per heavy atom. The Hall–Kier alpha value is -2.05. The van der Waals surface area contributed by atoms with Crippen molar-refractivity contribution in [3.05, 3.63) is 35.4 Å². The molecule has 0 aliphatic heterocycles. The van der Waals surface area contributed by atoms with Gasteiger partial charge >= 0.3 is 18.1 Å². The van der Waals surface area contributed by atoms with E-state index in [0.717, 1.165) is 32.4 Å². The first-order chi connectivity index (χ1) is 8.81. The van der Waals surface area contributed by atoms with E-state index in [1.54, 1.807) is 0 Å². The maximum Gasteiger partial charge on any atom is 0.416 e. The number of hydrogen-bond donors (Lipinski definition) is 0. The first-order valence-corrected chi connectivity index (χ1v) is 5.14. The SMILES string of the molecule is COC(=O)C(C(=O)OC)c1cccc(C(F)(F)F)c1. The van der Waals surface area contributed by atoms with Crippen LogP contribution >= 0.6 is 0 Å². The van der Waals surface area contributed by atoms with Crippen LogP contribution in [-0.2, 0) is 25.2 Å². The van der Waals surface area contributed by atoms with Gasteiger partial charge in [0.25, 0.3) is 0 Å². The lowest BCUT2D eigenvalue weighted by Gasteiger charge is -2.14. The molecule has 0 aliphatic rings. The van der Waals surface area contributed by atoms with Gasteiger partial charge < -0.3 is 9.47 Å². The Morgan fingerprint density at radius 2 is 1.63 bits per heavy atom. The van der Waals surface area contributed by atoms with Gasteiger partial charge in [-0.05, 0) is 11.6 Å². The van der Waals surface area contributed by atoms with Crippen LogP contribution in [0.15, 0.2) is 24.3 Å².